The van der Waals surface area contributed by atoms with Crippen LogP contribution in [0.25, 0.3) is 11.3 Å². The first-order valence-electron chi connectivity index (χ1n) is 7.86. The Balaban J connectivity index is 1.67. The predicted molar refractivity (Wildman–Crippen MR) is 96.8 cm³/mol. The third-order valence-corrected chi connectivity index (χ3v) is 4.21. The molecule has 0 saturated heterocycles. The predicted octanol–water partition coefficient (Wildman–Crippen LogP) is 3.56. The normalized spacial score (nSPS) is 12.3. The first kappa shape index (κ1) is 16.7. The van der Waals surface area contributed by atoms with Gasteiger partial charge in [-0.3, -0.25) is 4.68 Å². The second kappa shape index (κ2) is 7.62. The zero-order valence-electron chi connectivity index (χ0n) is 13.5. The van der Waals surface area contributed by atoms with E-state index < -0.39 is 6.10 Å². The lowest BCUT2D eigenvalue weighted by atomic mass is 10.1. The Bertz CT molecular complexity index is 801. The van der Waals surface area contributed by atoms with Crippen molar-refractivity contribution in [2.45, 2.75) is 12.6 Å². The van der Waals surface area contributed by atoms with Crippen LogP contribution in [0.2, 0.25) is 5.02 Å². The first-order valence-corrected chi connectivity index (χ1v) is 8.24. The van der Waals surface area contributed by atoms with Gasteiger partial charge in [-0.2, -0.15) is 5.10 Å². The van der Waals surface area contributed by atoms with Crippen LogP contribution >= 0.6 is 11.6 Å². The van der Waals surface area contributed by atoms with Gasteiger partial charge in [-0.25, -0.2) is 0 Å². The standard InChI is InChI=1S/C19H20ClN3O/c1-23-13-15(19(22-23)14-7-3-2-4-8-14)11-21-12-18(24)16-9-5-6-10-17(16)20/h2-10,13,18,21,24H,11-12H2,1H3. The first-order chi connectivity index (χ1) is 11.6. The van der Waals surface area contributed by atoms with E-state index in [0.29, 0.717) is 18.1 Å². The maximum absolute atomic E-state index is 10.3. The molecule has 0 bridgehead atoms. The maximum atomic E-state index is 10.3. The van der Waals surface area contributed by atoms with E-state index in [1.54, 1.807) is 6.07 Å². The van der Waals surface area contributed by atoms with Gasteiger partial charge < -0.3 is 10.4 Å². The summed E-state index contributed by atoms with van der Waals surface area (Å²) in [7, 11) is 1.91. The van der Waals surface area contributed by atoms with E-state index in [4.69, 9.17) is 11.6 Å². The highest BCUT2D eigenvalue weighted by atomic mass is 35.5. The number of aryl methyl sites for hydroxylation is 1. The molecule has 0 saturated carbocycles. The number of hydrogen-bond donors (Lipinski definition) is 2. The summed E-state index contributed by atoms with van der Waals surface area (Å²) in [4.78, 5) is 0. The van der Waals surface area contributed by atoms with Crippen molar-refractivity contribution in [2.24, 2.45) is 7.05 Å². The second-order valence-electron chi connectivity index (χ2n) is 5.71. The second-order valence-corrected chi connectivity index (χ2v) is 6.12. The molecule has 1 atom stereocenters. The van der Waals surface area contributed by atoms with Crippen LogP contribution in [0.1, 0.15) is 17.2 Å². The van der Waals surface area contributed by atoms with E-state index in [0.717, 1.165) is 22.4 Å². The lowest BCUT2D eigenvalue weighted by Gasteiger charge is -2.13. The van der Waals surface area contributed by atoms with Gasteiger partial charge in [0.1, 0.15) is 0 Å². The van der Waals surface area contributed by atoms with Gasteiger partial charge >= 0.3 is 0 Å². The fourth-order valence-corrected chi connectivity index (χ4v) is 2.97. The minimum Gasteiger partial charge on any atom is -0.387 e. The van der Waals surface area contributed by atoms with Gasteiger partial charge in [-0.15, -0.1) is 0 Å². The van der Waals surface area contributed by atoms with Crippen LogP contribution in [-0.4, -0.2) is 21.4 Å². The van der Waals surface area contributed by atoms with Crippen molar-refractivity contribution >= 4 is 11.6 Å². The molecule has 0 spiro atoms. The van der Waals surface area contributed by atoms with E-state index in [2.05, 4.69) is 10.4 Å². The number of aliphatic hydroxyl groups excluding tert-OH is 1. The molecule has 0 amide bonds. The highest BCUT2D eigenvalue weighted by Gasteiger charge is 2.13. The molecule has 24 heavy (non-hydrogen) atoms. The number of aliphatic hydroxyl groups is 1. The third-order valence-electron chi connectivity index (χ3n) is 3.87. The van der Waals surface area contributed by atoms with E-state index in [9.17, 15) is 5.11 Å². The largest absolute Gasteiger partial charge is 0.387 e. The molecule has 0 fully saturated rings. The van der Waals surface area contributed by atoms with Gasteiger partial charge in [0.25, 0.3) is 0 Å². The summed E-state index contributed by atoms with van der Waals surface area (Å²) in [5.41, 5.74) is 3.87. The van der Waals surface area contributed by atoms with Crippen LogP contribution in [0.4, 0.5) is 0 Å². The third kappa shape index (κ3) is 3.85. The molecule has 1 aromatic heterocycles. The van der Waals surface area contributed by atoms with Crippen molar-refractivity contribution < 1.29 is 5.11 Å². The van der Waals surface area contributed by atoms with Crippen molar-refractivity contribution in [3.63, 3.8) is 0 Å². The molecule has 3 rings (SSSR count). The summed E-state index contributed by atoms with van der Waals surface area (Å²) in [6, 6.07) is 17.4. The van der Waals surface area contributed by atoms with E-state index >= 15 is 0 Å². The number of nitrogens with zero attached hydrogens (tertiary/aromatic N) is 2. The Morgan fingerprint density at radius 3 is 2.58 bits per heavy atom. The van der Waals surface area contributed by atoms with Gasteiger partial charge in [-0.05, 0) is 6.07 Å². The number of halogens is 1. The molecule has 2 aromatic carbocycles. The molecule has 0 radical (unpaired) electrons. The molecular formula is C19H20ClN3O. The topological polar surface area (TPSA) is 50.1 Å². The fourth-order valence-electron chi connectivity index (χ4n) is 2.70. The summed E-state index contributed by atoms with van der Waals surface area (Å²) >= 11 is 6.12. The van der Waals surface area contributed by atoms with Gasteiger partial charge in [-0.1, -0.05) is 60.1 Å². The molecule has 0 aliphatic heterocycles. The van der Waals surface area contributed by atoms with E-state index in [1.165, 1.54) is 0 Å². The van der Waals surface area contributed by atoms with Gasteiger partial charge in [0, 0.05) is 48.0 Å². The maximum Gasteiger partial charge on any atom is 0.0967 e. The van der Waals surface area contributed by atoms with Crippen molar-refractivity contribution in [3.05, 3.63) is 76.9 Å². The lowest BCUT2D eigenvalue weighted by molar-refractivity contribution is 0.174. The van der Waals surface area contributed by atoms with Crippen molar-refractivity contribution in [1.82, 2.24) is 15.1 Å². The lowest BCUT2D eigenvalue weighted by Crippen LogP contribution is -2.21. The van der Waals surface area contributed by atoms with Crippen LogP contribution < -0.4 is 5.32 Å². The average molecular weight is 342 g/mol. The average Bonchev–Trinajstić information content (AvgIpc) is 2.97. The van der Waals surface area contributed by atoms with Gasteiger partial charge in [0.15, 0.2) is 0 Å². The smallest absolute Gasteiger partial charge is 0.0967 e. The van der Waals surface area contributed by atoms with Crippen molar-refractivity contribution in [2.75, 3.05) is 6.54 Å². The Kier molecular flexibility index (Phi) is 5.30. The molecule has 4 nitrogen and oxygen atoms in total. The number of rotatable bonds is 6. The molecular weight excluding hydrogens is 322 g/mol. The Morgan fingerprint density at radius 1 is 1.12 bits per heavy atom. The summed E-state index contributed by atoms with van der Waals surface area (Å²) < 4.78 is 1.81. The molecule has 124 valence electrons. The summed E-state index contributed by atoms with van der Waals surface area (Å²) in [6.45, 7) is 1.05. The van der Waals surface area contributed by atoms with Gasteiger partial charge in [0.05, 0.1) is 11.8 Å². The Morgan fingerprint density at radius 2 is 1.83 bits per heavy atom. The molecule has 3 aromatic rings. The summed E-state index contributed by atoms with van der Waals surface area (Å²) in [5, 5.41) is 18.7. The van der Waals surface area contributed by atoms with E-state index in [1.807, 2.05) is 66.5 Å². The summed E-state index contributed by atoms with van der Waals surface area (Å²) in [5.74, 6) is 0. The Hall–Kier alpha value is -2.14. The quantitative estimate of drug-likeness (QED) is 0.720. The van der Waals surface area contributed by atoms with E-state index in [-0.39, 0.29) is 0 Å². The molecule has 2 N–H and O–H groups in total. The molecule has 5 heteroatoms. The molecule has 1 heterocycles. The van der Waals surface area contributed by atoms with Crippen molar-refractivity contribution in [3.8, 4) is 11.3 Å². The van der Waals surface area contributed by atoms with Crippen molar-refractivity contribution in [1.29, 1.82) is 0 Å². The minimum atomic E-state index is -0.643. The van der Waals surface area contributed by atoms with Crippen LogP contribution in [0.5, 0.6) is 0 Å². The fraction of sp³-hybridized carbons (Fsp3) is 0.211. The zero-order valence-corrected chi connectivity index (χ0v) is 14.2. The number of aromatic nitrogens is 2. The number of nitrogens with one attached hydrogen (secondary N) is 1. The highest BCUT2D eigenvalue weighted by molar-refractivity contribution is 6.31. The molecule has 1 unspecified atom stereocenters. The SMILES string of the molecule is Cn1cc(CNCC(O)c2ccccc2Cl)c(-c2ccccc2)n1. The minimum absolute atomic E-state index is 0.423. The van der Waals surface area contributed by atoms with Crippen LogP contribution in [-0.2, 0) is 13.6 Å². The van der Waals surface area contributed by atoms with Crippen LogP contribution in [0.3, 0.4) is 0 Å². The van der Waals surface area contributed by atoms with Crippen LogP contribution in [0.15, 0.2) is 60.8 Å². The monoisotopic (exact) mass is 341 g/mol. The number of hydrogen-bond acceptors (Lipinski definition) is 3. The van der Waals surface area contributed by atoms with Crippen LogP contribution in [0, 0.1) is 0 Å². The Labute approximate surface area is 146 Å². The molecule has 0 aliphatic carbocycles. The summed E-state index contributed by atoms with van der Waals surface area (Å²) in [6.07, 6.45) is 1.35. The zero-order chi connectivity index (χ0) is 16.9. The highest BCUT2D eigenvalue weighted by Crippen LogP contribution is 2.23. The van der Waals surface area contributed by atoms with Gasteiger partial charge in [0.2, 0.25) is 0 Å². The number of benzene rings is 2. The molecule has 0 aliphatic rings.